The summed E-state index contributed by atoms with van der Waals surface area (Å²) in [6, 6.07) is 8.19. The van der Waals surface area contributed by atoms with Gasteiger partial charge in [0, 0.05) is 12.1 Å². The van der Waals surface area contributed by atoms with Crippen LogP contribution in [0.25, 0.3) is 10.9 Å². The third-order valence-electron chi connectivity index (χ3n) is 2.13. The number of H-pyrrole nitrogens is 1. The molecule has 0 fully saturated rings. The number of fused-ring (bicyclic) bond motifs is 1. The Balaban J connectivity index is 2.77. The lowest BCUT2D eigenvalue weighted by atomic mass is 10.1. The second kappa shape index (κ2) is 3.05. The highest BCUT2D eigenvalue weighted by molar-refractivity contribution is 5.82. The molecule has 0 aliphatic heterocycles. The molecular weight excluding hydrogens is 162 g/mol. The Morgan fingerprint density at radius 3 is 2.85 bits per heavy atom. The van der Waals surface area contributed by atoms with Crippen molar-refractivity contribution in [2.45, 2.75) is 6.92 Å². The van der Waals surface area contributed by atoms with Crippen LogP contribution >= 0.6 is 0 Å². The summed E-state index contributed by atoms with van der Waals surface area (Å²) in [6.45, 7) is 2.08. The average molecular weight is 174 g/mol. The lowest BCUT2D eigenvalue weighted by Crippen LogP contribution is -2.02. The van der Waals surface area contributed by atoms with E-state index in [-0.39, 0.29) is 0 Å². The minimum atomic E-state index is 0.911. The zero-order chi connectivity index (χ0) is 9.26. The van der Waals surface area contributed by atoms with Crippen molar-refractivity contribution in [3.63, 3.8) is 0 Å². The number of rotatable bonds is 1. The Kier molecular flexibility index (Phi) is 1.89. The number of aromatic nitrogens is 1. The van der Waals surface area contributed by atoms with E-state index in [0.717, 1.165) is 16.7 Å². The molecule has 0 aliphatic rings. The van der Waals surface area contributed by atoms with Crippen molar-refractivity contribution < 1.29 is 9.72 Å². The van der Waals surface area contributed by atoms with Gasteiger partial charge < -0.3 is 4.74 Å². The molecule has 0 aliphatic carbocycles. The van der Waals surface area contributed by atoms with Gasteiger partial charge in [0.1, 0.15) is 5.75 Å². The number of aromatic amines is 1. The summed E-state index contributed by atoms with van der Waals surface area (Å²) in [4.78, 5) is 3.19. The van der Waals surface area contributed by atoms with Gasteiger partial charge in [0.2, 0.25) is 5.52 Å². The minimum absolute atomic E-state index is 0.911. The summed E-state index contributed by atoms with van der Waals surface area (Å²) in [5.41, 5.74) is 2.36. The molecule has 0 saturated heterocycles. The molecule has 0 bridgehead atoms. The van der Waals surface area contributed by atoms with Gasteiger partial charge in [0.15, 0.2) is 6.20 Å². The van der Waals surface area contributed by atoms with E-state index in [1.54, 1.807) is 7.11 Å². The van der Waals surface area contributed by atoms with Crippen molar-refractivity contribution >= 4 is 10.9 Å². The first-order valence-corrected chi connectivity index (χ1v) is 4.26. The third-order valence-corrected chi connectivity index (χ3v) is 2.13. The van der Waals surface area contributed by atoms with E-state index in [1.165, 1.54) is 5.56 Å². The smallest absolute Gasteiger partial charge is 0.214 e. The van der Waals surface area contributed by atoms with Gasteiger partial charge in [-0.3, -0.25) is 0 Å². The van der Waals surface area contributed by atoms with E-state index in [1.807, 2.05) is 12.3 Å². The van der Waals surface area contributed by atoms with Crippen LogP contribution < -0.4 is 9.72 Å². The Labute approximate surface area is 77.2 Å². The predicted molar refractivity (Wildman–Crippen MR) is 51.8 cm³/mol. The van der Waals surface area contributed by atoms with Crippen LogP contribution in [-0.2, 0) is 0 Å². The summed E-state index contributed by atoms with van der Waals surface area (Å²) in [7, 11) is 1.69. The SMILES string of the molecule is COc1cc[nH+]c2cc(C)ccc12. The number of nitrogens with one attached hydrogen (secondary N) is 1. The zero-order valence-electron chi connectivity index (χ0n) is 7.79. The first kappa shape index (κ1) is 8.05. The van der Waals surface area contributed by atoms with E-state index >= 15 is 0 Å². The van der Waals surface area contributed by atoms with Crippen molar-refractivity contribution in [2.24, 2.45) is 0 Å². The van der Waals surface area contributed by atoms with Crippen molar-refractivity contribution in [3.05, 3.63) is 36.0 Å². The van der Waals surface area contributed by atoms with Gasteiger partial charge in [0.25, 0.3) is 0 Å². The largest absolute Gasteiger partial charge is 0.496 e. The maximum absolute atomic E-state index is 5.25. The van der Waals surface area contributed by atoms with Crippen LogP contribution in [0.15, 0.2) is 30.5 Å². The van der Waals surface area contributed by atoms with E-state index < -0.39 is 0 Å². The monoisotopic (exact) mass is 174 g/mol. The van der Waals surface area contributed by atoms with Gasteiger partial charge in [-0.05, 0) is 18.6 Å². The molecule has 0 amide bonds. The first-order chi connectivity index (χ1) is 6.31. The number of hydrogen-bond donors (Lipinski definition) is 0. The fourth-order valence-corrected chi connectivity index (χ4v) is 1.47. The highest BCUT2D eigenvalue weighted by atomic mass is 16.5. The number of hydrogen-bond acceptors (Lipinski definition) is 1. The van der Waals surface area contributed by atoms with E-state index in [2.05, 4.69) is 30.1 Å². The highest BCUT2D eigenvalue weighted by Crippen LogP contribution is 2.21. The number of ether oxygens (including phenoxy) is 1. The van der Waals surface area contributed by atoms with Crippen molar-refractivity contribution in [1.29, 1.82) is 0 Å². The molecule has 0 radical (unpaired) electrons. The molecule has 0 unspecified atom stereocenters. The summed E-state index contributed by atoms with van der Waals surface area (Å²) < 4.78 is 5.25. The molecule has 0 atom stereocenters. The number of methoxy groups -OCH3 is 1. The standard InChI is InChI=1S/C11H11NO/c1-8-3-4-9-10(7-8)12-6-5-11(9)13-2/h3-7H,1-2H3/p+1. The van der Waals surface area contributed by atoms with Gasteiger partial charge in [-0.1, -0.05) is 6.07 Å². The second-order valence-corrected chi connectivity index (χ2v) is 3.10. The van der Waals surface area contributed by atoms with Crippen LogP contribution in [0, 0.1) is 6.92 Å². The van der Waals surface area contributed by atoms with Crippen LogP contribution in [0.2, 0.25) is 0 Å². The zero-order valence-corrected chi connectivity index (χ0v) is 7.79. The topological polar surface area (TPSA) is 23.4 Å². The highest BCUT2D eigenvalue weighted by Gasteiger charge is 2.05. The van der Waals surface area contributed by atoms with Gasteiger partial charge in [-0.2, -0.15) is 0 Å². The molecule has 0 saturated carbocycles. The lowest BCUT2D eigenvalue weighted by Gasteiger charge is -2.00. The fraction of sp³-hybridized carbons (Fsp3) is 0.182. The summed E-state index contributed by atoms with van der Waals surface area (Å²) in [5, 5.41) is 1.12. The number of benzene rings is 1. The van der Waals surface area contributed by atoms with E-state index in [9.17, 15) is 0 Å². The molecule has 13 heavy (non-hydrogen) atoms. The predicted octanol–water partition coefficient (Wildman–Crippen LogP) is 1.97. The quantitative estimate of drug-likeness (QED) is 0.648. The van der Waals surface area contributed by atoms with Crippen LogP contribution in [0.5, 0.6) is 5.75 Å². The molecular formula is C11H12NO+. The molecule has 2 rings (SSSR count). The molecule has 66 valence electrons. The van der Waals surface area contributed by atoms with E-state index in [4.69, 9.17) is 4.74 Å². The van der Waals surface area contributed by atoms with E-state index in [0.29, 0.717) is 0 Å². The number of pyridine rings is 1. The maximum atomic E-state index is 5.25. The molecule has 1 aromatic heterocycles. The third kappa shape index (κ3) is 1.35. The normalized spacial score (nSPS) is 10.3. The van der Waals surface area contributed by atoms with Crippen molar-refractivity contribution in [1.82, 2.24) is 0 Å². The van der Waals surface area contributed by atoms with Crippen LogP contribution in [0.3, 0.4) is 0 Å². The Bertz CT molecular complexity index is 437. The Hall–Kier alpha value is -1.57. The molecule has 2 aromatic rings. The molecule has 1 N–H and O–H groups in total. The van der Waals surface area contributed by atoms with Crippen molar-refractivity contribution in [3.8, 4) is 5.75 Å². The first-order valence-electron chi connectivity index (χ1n) is 4.26. The molecule has 0 spiro atoms. The number of aryl methyl sites for hydroxylation is 1. The van der Waals surface area contributed by atoms with Gasteiger partial charge in [-0.15, -0.1) is 0 Å². The van der Waals surface area contributed by atoms with Crippen molar-refractivity contribution in [2.75, 3.05) is 7.11 Å². The minimum Gasteiger partial charge on any atom is -0.496 e. The molecule has 2 heteroatoms. The average Bonchev–Trinajstić information content (AvgIpc) is 2.16. The second-order valence-electron chi connectivity index (χ2n) is 3.10. The summed E-state index contributed by atoms with van der Waals surface area (Å²) >= 11 is 0. The Morgan fingerprint density at radius 1 is 1.23 bits per heavy atom. The van der Waals surface area contributed by atoms with Crippen LogP contribution in [0.1, 0.15) is 5.56 Å². The van der Waals surface area contributed by atoms with Gasteiger partial charge >= 0.3 is 0 Å². The molecule has 1 aromatic carbocycles. The fourth-order valence-electron chi connectivity index (χ4n) is 1.47. The Morgan fingerprint density at radius 2 is 2.08 bits per heavy atom. The van der Waals surface area contributed by atoms with Crippen LogP contribution in [0.4, 0.5) is 0 Å². The summed E-state index contributed by atoms with van der Waals surface area (Å²) in [5.74, 6) is 0.911. The van der Waals surface area contributed by atoms with Gasteiger partial charge in [-0.25, -0.2) is 4.98 Å². The molecule has 1 heterocycles. The molecule has 2 nitrogen and oxygen atoms in total. The van der Waals surface area contributed by atoms with Crippen LogP contribution in [-0.4, -0.2) is 7.11 Å². The van der Waals surface area contributed by atoms with Gasteiger partial charge in [0.05, 0.1) is 12.5 Å². The maximum Gasteiger partial charge on any atom is 0.214 e. The summed E-state index contributed by atoms with van der Waals surface area (Å²) in [6.07, 6.45) is 1.89. The lowest BCUT2D eigenvalue weighted by molar-refractivity contribution is -0.344.